The average Bonchev–Trinajstić information content (AvgIpc) is 2.99. The lowest BCUT2D eigenvalue weighted by atomic mass is 10.1. The summed E-state index contributed by atoms with van der Waals surface area (Å²) in [5.41, 5.74) is 4.02. The summed E-state index contributed by atoms with van der Waals surface area (Å²) in [6.45, 7) is 0.563. The van der Waals surface area contributed by atoms with Crippen LogP contribution in [0.4, 0.5) is 0 Å². The second-order valence-corrected chi connectivity index (χ2v) is 4.31. The standard InChI is InChI=1S/C16H13NO/c18-16(17-11-12-5-2-1-3-6-12)15-10-9-13-7-4-8-14(13)15/h1-10H,11H2,(H,17,18). The zero-order valence-corrected chi connectivity index (χ0v) is 9.89. The second-order valence-electron chi connectivity index (χ2n) is 4.31. The first-order valence-corrected chi connectivity index (χ1v) is 5.98. The van der Waals surface area contributed by atoms with Crippen molar-refractivity contribution in [3.8, 4) is 0 Å². The molecule has 0 saturated carbocycles. The van der Waals surface area contributed by atoms with Gasteiger partial charge in [-0.3, -0.25) is 4.79 Å². The Morgan fingerprint density at radius 1 is 1.06 bits per heavy atom. The molecular formula is C16H13NO. The molecule has 0 aliphatic heterocycles. The van der Waals surface area contributed by atoms with Crippen molar-refractivity contribution in [2.24, 2.45) is 0 Å². The van der Waals surface area contributed by atoms with Crippen molar-refractivity contribution in [3.05, 3.63) is 83.0 Å². The minimum absolute atomic E-state index is 0.0138. The molecule has 1 aromatic carbocycles. The van der Waals surface area contributed by atoms with Crippen molar-refractivity contribution in [2.45, 2.75) is 6.54 Å². The summed E-state index contributed by atoms with van der Waals surface area (Å²) < 4.78 is 0. The van der Waals surface area contributed by atoms with Crippen molar-refractivity contribution < 1.29 is 4.79 Å². The highest BCUT2D eigenvalue weighted by molar-refractivity contribution is 6.01. The monoisotopic (exact) mass is 235 g/mol. The molecule has 0 atom stereocenters. The SMILES string of the molecule is O=C(NCc1ccccc1)C1=CC=C2C=CC=C21. The molecule has 88 valence electrons. The van der Waals surface area contributed by atoms with Gasteiger partial charge in [-0.2, -0.15) is 0 Å². The maximum atomic E-state index is 12.1. The predicted octanol–water partition coefficient (Wildman–Crippen LogP) is 2.67. The molecule has 0 spiro atoms. The van der Waals surface area contributed by atoms with E-state index in [0.29, 0.717) is 6.54 Å². The molecule has 1 N–H and O–H groups in total. The van der Waals surface area contributed by atoms with Crippen LogP contribution in [0.5, 0.6) is 0 Å². The molecule has 0 radical (unpaired) electrons. The highest BCUT2D eigenvalue weighted by Crippen LogP contribution is 2.30. The van der Waals surface area contributed by atoms with E-state index < -0.39 is 0 Å². The first-order valence-electron chi connectivity index (χ1n) is 5.98. The van der Waals surface area contributed by atoms with Crippen LogP contribution in [-0.2, 0) is 11.3 Å². The van der Waals surface area contributed by atoms with Crippen molar-refractivity contribution in [1.29, 1.82) is 0 Å². The summed E-state index contributed by atoms with van der Waals surface area (Å²) in [6, 6.07) is 9.92. The van der Waals surface area contributed by atoms with E-state index in [2.05, 4.69) is 5.32 Å². The van der Waals surface area contributed by atoms with Crippen LogP contribution < -0.4 is 5.32 Å². The highest BCUT2D eigenvalue weighted by atomic mass is 16.1. The fourth-order valence-corrected chi connectivity index (χ4v) is 2.16. The summed E-state index contributed by atoms with van der Waals surface area (Å²) >= 11 is 0. The van der Waals surface area contributed by atoms with Crippen molar-refractivity contribution >= 4 is 5.91 Å². The van der Waals surface area contributed by atoms with Crippen LogP contribution in [0.15, 0.2) is 77.4 Å². The maximum Gasteiger partial charge on any atom is 0.252 e. The number of amides is 1. The fourth-order valence-electron chi connectivity index (χ4n) is 2.16. The third-order valence-electron chi connectivity index (χ3n) is 3.11. The number of hydrogen-bond acceptors (Lipinski definition) is 1. The molecule has 18 heavy (non-hydrogen) atoms. The number of hydrogen-bond donors (Lipinski definition) is 1. The Morgan fingerprint density at radius 3 is 2.72 bits per heavy atom. The Balaban J connectivity index is 1.64. The quantitative estimate of drug-likeness (QED) is 0.857. The van der Waals surface area contributed by atoms with Crippen LogP contribution in [0, 0.1) is 0 Å². The zero-order chi connectivity index (χ0) is 12.4. The van der Waals surface area contributed by atoms with Gasteiger partial charge in [-0.1, -0.05) is 54.6 Å². The minimum atomic E-state index is -0.0138. The Morgan fingerprint density at radius 2 is 1.89 bits per heavy atom. The molecule has 2 heteroatoms. The molecule has 2 aliphatic carbocycles. The van der Waals surface area contributed by atoms with Gasteiger partial charge in [-0.15, -0.1) is 0 Å². The lowest BCUT2D eigenvalue weighted by Crippen LogP contribution is -2.24. The van der Waals surface area contributed by atoms with Gasteiger partial charge in [0.25, 0.3) is 5.91 Å². The molecule has 0 bridgehead atoms. The van der Waals surface area contributed by atoms with E-state index in [0.717, 1.165) is 22.3 Å². The Labute approximate surface area is 106 Å². The second kappa shape index (κ2) is 4.49. The lowest BCUT2D eigenvalue weighted by Gasteiger charge is -2.07. The van der Waals surface area contributed by atoms with E-state index >= 15 is 0 Å². The van der Waals surface area contributed by atoms with Gasteiger partial charge in [0, 0.05) is 12.1 Å². The predicted molar refractivity (Wildman–Crippen MR) is 71.7 cm³/mol. The normalized spacial score (nSPS) is 15.9. The van der Waals surface area contributed by atoms with Crippen molar-refractivity contribution in [3.63, 3.8) is 0 Å². The fraction of sp³-hybridized carbons (Fsp3) is 0.0625. The summed E-state index contributed by atoms with van der Waals surface area (Å²) in [7, 11) is 0. The van der Waals surface area contributed by atoms with E-state index in [1.165, 1.54) is 0 Å². The van der Waals surface area contributed by atoms with Crippen molar-refractivity contribution in [1.82, 2.24) is 5.32 Å². The van der Waals surface area contributed by atoms with Gasteiger partial charge < -0.3 is 5.32 Å². The number of nitrogens with one attached hydrogen (secondary N) is 1. The zero-order valence-electron chi connectivity index (χ0n) is 9.89. The highest BCUT2D eigenvalue weighted by Gasteiger charge is 2.21. The van der Waals surface area contributed by atoms with Crippen molar-refractivity contribution in [2.75, 3.05) is 0 Å². The molecule has 0 heterocycles. The van der Waals surface area contributed by atoms with Gasteiger partial charge in [0.1, 0.15) is 0 Å². The Kier molecular flexibility index (Phi) is 2.69. The topological polar surface area (TPSA) is 29.1 Å². The van der Waals surface area contributed by atoms with E-state index in [9.17, 15) is 4.79 Å². The van der Waals surface area contributed by atoms with Gasteiger partial charge in [-0.05, 0) is 22.8 Å². The molecule has 0 aromatic heterocycles. The number of carbonyl (C=O) groups excluding carboxylic acids is 1. The molecule has 2 nitrogen and oxygen atoms in total. The number of allylic oxidation sites excluding steroid dienone is 6. The van der Waals surface area contributed by atoms with Crippen LogP contribution in [0.1, 0.15) is 5.56 Å². The molecule has 0 fully saturated rings. The van der Waals surface area contributed by atoms with Crippen LogP contribution in [0.3, 0.4) is 0 Å². The van der Waals surface area contributed by atoms with E-state index in [-0.39, 0.29) is 5.91 Å². The van der Waals surface area contributed by atoms with Gasteiger partial charge in [0.2, 0.25) is 0 Å². The third kappa shape index (κ3) is 1.93. The molecule has 1 amide bonds. The number of fused-ring (bicyclic) bond motifs is 1. The molecule has 0 unspecified atom stereocenters. The first-order chi connectivity index (χ1) is 8.84. The summed E-state index contributed by atoms with van der Waals surface area (Å²) in [5, 5.41) is 2.94. The molecule has 2 aliphatic rings. The summed E-state index contributed by atoms with van der Waals surface area (Å²) in [6.07, 6.45) is 9.83. The molecule has 1 aromatic rings. The summed E-state index contributed by atoms with van der Waals surface area (Å²) in [5.74, 6) is -0.0138. The Bertz CT molecular complexity index is 603. The van der Waals surface area contributed by atoms with E-state index in [4.69, 9.17) is 0 Å². The number of rotatable bonds is 3. The van der Waals surface area contributed by atoms with Gasteiger partial charge in [-0.25, -0.2) is 0 Å². The Hall–Kier alpha value is -2.35. The van der Waals surface area contributed by atoms with Crippen LogP contribution in [0.2, 0.25) is 0 Å². The molecular weight excluding hydrogens is 222 g/mol. The number of carbonyl (C=O) groups is 1. The average molecular weight is 235 g/mol. The first kappa shape index (κ1) is 10.8. The lowest BCUT2D eigenvalue weighted by molar-refractivity contribution is -0.117. The van der Waals surface area contributed by atoms with E-state index in [1.54, 1.807) is 0 Å². The largest absolute Gasteiger partial charge is 0.348 e. The van der Waals surface area contributed by atoms with Crippen LogP contribution in [0.25, 0.3) is 0 Å². The van der Waals surface area contributed by atoms with Crippen LogP contribution in [-0.4, -0.2) is 5.91 Å². The molecule has 0 saturated heterocycles. The van der Waals surface area contributed by atoms with Gasteiger partial charge in [0.15, 0.2) is 0 Å². The minimum Gasteiger partial charge on any atom is -0.348 e. The molecule has 3 rings (SSSR count). The van der Waals surface area contributed by atoms with Crippen LogP contribution >= 0.6 is 0 Å². The smallest absolute Gasteiger partial charge is 0.252 e. The third-order valence-corrected chi connectivity index (χ3v) is 3.11. The van der Waals surface area contributed by atoms with E-state index in [1.807, 2.05) is 60.7 Å². The van der Waals surface area contributed by atoms with Gasteiger partial charge >= 0.3 is 0 Å². The van der Waals surface area contributed by atoms with Gasteiger partial charge in [0.05, 0.1) is 0 Å². The summed E-state index contributed by atoms with van der Waals surface area (Å²) in [4.78, 5) is 12.1. The number of benzene rings is 1. The maximum absolute atomic E-state index is 12.1.